The molecule has 0 spiro atoms. The summed E-state index contributed by atoms with van der Waals surface area (Å²) in [6, 6.07) is -0.857. The van der Waals surface area contributed by atoms with E-state index in [1.165, 1.54) is 6.92 Å². The van der Waals surface area contributed by atoms with Gasteiger partial charge in [-0.05, 0) is 13.8 Å². The van der Waals surface area contributed by atoms with Gasteiger partial charge in [0.25, 0.3) is 11.8 Å². The van der Waals surface area contributed by atoms with Crippen molar-refractivity contribution >= 4 is 17.8 Å². The first-order valence-electron chi connectivity index (χ1n) is 4.29. The van der Waals surface area contributed by atoms with E-state index in [0.717, 1.165) is 17.1 Å². The molecule has 0 N–H and O–H groups in total. The summed E-state index contributed by atoms with van der Waals surface area (Å²) in [7, 11) is 0. The number of esters is 1. The van der Waals surface area contributed by atoms with Gasteiger partial charge in [-0.25, -0.2) is 4.79 Å². The zero-order chi connectivity index (χ0) is 10.7. The molecule has 0 bridgehead atoms. The molecule has 5 nitrogen and oxygen atoms in total. The van der Waals surface area contributed by atoms with Crippen molar-refractivity contribution in [3.63, 3.8) is 0 Å². The number of amides is 2. The minimum absolute atomic E-state index is 0.229. The van der Waals surface area contributed by atoms with E-state index in [1.54, 1.807) is 6.92 Å². The van der Waals surface area contributed by atoms with Gasteiger partial charge >= 0.3 is 5.97 Å². The van der Waals surface area contributed by atoms with Crippen molar-refractivity contribution in [2.24, 2.45) is 0 Å². The molecule has 0 aromatic rings. The lowest BCUT2D eigenvalue weighted by Crippen LogP contribution is -2.43. The summed E-state index contributed by atoms with van der Waals surface area (Å²) in [5.41, 5.74) is 0. The second-order valence-electron chi connectivity index (χ2n) is 2.81. The molecule has 1 rings (SSSR count). The monoisotopic (exact) mass is 197 g/mol. The van der Waals surface area contributed by atoms with E-state index in [1.807, 2.05) is 0 Å². The van der Waals surface area contributed by atoms with Crippen LogP contribution >= 0.6 is 0 Å². The molecule has 0 fully saturated rings. The topological polar surface area (TPSA) is 63.7 Å². The van der Waals surface area contributed by atoms with E-state index in [9.17, 15) is 14.4 Å². The molecule has 14 heavy (non-hydrogen) atoms. The van der Waals surface area contributed by atoms with Crippen molar-refractivity contribution in [1.29, 1.82) is 0 Å². The summed E-state index contributed by atoms with van der Waals surface area (Å²) in [6.07, 6.45) is 2.27. The number of carbonyl (C=O) groups is 3. The maximum Gasteiger partial charge on any atom is 0.329 e. The highest BCUT2D eigenvalue weighted by molar-refractivity contribution is 6.14. The maximum atomic E-state index is 11.2. The minimum Gasteiger partial charge on any atom is -0.464 e. The van der Waals surface area contributed by atoms with E-state index in [0.29, 0.717) is 0 Å². The summed E-state index contributed by atoms with van der Waals surface area (Å²) in [4.78, 5) is 34.4. The molecule has 2 amide bonds. The van der Waals surface area contributed by atoms with Gasteiger partial charge in [-0.1, -0.05) is 0 Å². The Morgan fingerprint density at radius 1 is 1.43 bits per heavy atom. The molecule has 1 unspecified atom stereocenters. The Kier molecular flexibility index (Phi) is 3.01. The summed E-state index contributed by atoms with van der Waals surface area (Å²) in [6.45, 7) is 3.35. The third kappa shape index (κ3) is 1.81. The molecule has 5 heteroatoms. The summed E-state index contributed by atoms with van der Waals surface area (Å²) >= 11 is 0. The first-order chi connectivity index (χ1) is 6.57. The molecule has 76 valence electrons. The van der Waals surface area contributed by atoms with Crippen LogP contribution in [0.4, 0.5) is 0 Å². The summed E-state index contributed by atoms with van der Waals surface area (Å²) in [5.74, 6) is -1.52. The lowest BCUT2D eigenvalue weighted by atomic mass is 10.3. The fourth-order valence-electron chi connectivity index (χ4n) is 1.16. The van der Waals surface area contributed by atoms with Gasteiger partial charge in [0.1, 0.15) is 6.04 Å². The van der Waals surface area contributed by atoms with E-state index in [4.69, 9.17) is 4.74 Å². The van der Waals surface area contributed by atoms with Crippen LogP contribution in [0.2, 0.25) is 0 Å². The first-order valence-corrected chi connectivity index (χ1v) is 4.29. The fourth-order valence-corrected chi connectivity index (χ4v) is 1.16. The fraction of sp³-hybridized carbons (Fsp3) is 0.444. The molecule has 0 aromatic heterocycles. The van der Waals surface area contributed by atoms with Gasteiger partial charge in [-0.3, -0.25) is 14.5 Å². The quantitative estimate of drug-likeness (QED) is 0.466. The molecule has 1 atom stereocenters. The van der Waals surface area contributed by atoms with E-state index in [2.05, 4.69) is 0 Å². The Bertz CT molecular complexity index is 290. The van der Waals surface area contributed by atoms with E-state index < -0.39 is 23.8 Å². The van der Waals surface area contributed by atoms with Crippen LogP contribution in [0.15, 0.2) is 12.2 Å². The Balaban J connectivity index is 2.70. The number of ether oxygens (including phenoxy) is 1. The number of hydrogen-bond donors (Lipinski definition) is 0. The molecule has 1 aliphatic rings. The lowest BCUT2D eigenvalue weighted by molar-refractivity contribution is -0.156. The molecule has 1 heterocycles. The zero-order valence-corrected chi connectivity index (χ0v) is 8.02. The van der Waals surface area contributed by atoms with Crippen LogP contribution in [-0.4, -0.2) is 35.3 Å². The zero-order valence-electron chi connectivity index (χ0n) is 8.02. The molecule has 0 radical (unpaired) electrons. The van der Waals surface area contributed by atoms with Gasteiger partial charge < -0.3 is 4.74 Å². The van der Waals surface area contributed by atoms with Crippen molar-refractivity contribution < 1.29 is 19.1 Å². The van der Waals surface area contributed by atoms with Crippen molar-refractivity contribution in [2.75, 3.05) is 6.61 Å². The van der Waals surface area contributed by atoms with Gasteiger partial charge in [0.05, 0.1) is 6.61 Å². The number of nitrogens with zero attached hydrogens (tertiary/aromatic N) is 1. The molecule has 0 aliphatic carbocycles. The highest BCUT2D eigenvalue weighted by atomic mass is 16.5. The standard InChI is InChI=1S/C9H11NO4/c1-3-14-9(13)6(2)10-7(11)4-5-8(10)12/h4-6H,3H2,1-2H3. The van der Waals surface area contributed by atoms with Crippen LogP contribution in [0, 0.1) is 0 Å². The Labute approximate surface area is 81.3 Å². The highest BCUT2D eigenvalue weighted by Crippen LogP contribution is 2.09. The summed E-state index contributed by atoms with van der Waals surface area (Å²) in [5, 5.41) is 0. The first kappa shape index (κ1) is 10.4. The van der Waals surface area contributed by atoms with Crippen LogP contribution in [0.5, 0.6) is 0 Å². The van der Waals surface area contributed by atoms with Crippen molar-refractivity contribution in [3.8, 4) is 0 Å². The minimum atomic E-state index is -0.857. The van der Waals surface area contributed by atoms with Gasteiger partial charge in [0.15, 0.2) is 0 Å². The Morgan fingerprint density at radius 2 is 1.93 bits per heavy atom. The molecule has 0 saturated carbocycles. The van der Waals surface area contributed by atoms with Gasteiger partial charge in [0, 0.05) is 12.2 Å². The van der Waals surface area contributed by atoms with Crippen molar-refractivity contribution in [3.05, 3.63) is 12.2 Å². The van der Waals surface area contributed by atoms with Crippen LogP contribution in [0.25, 0.3) is 0 Å². The van der Waals surface area contributed by atoms with E-state index >= 15 is 0 Å². The number of carbonyl (C=O) groups excluding carboxylic acids is 3. The number of rotatable bonds is 3. The smallest absolute Gasteiger partial charge is 0.329 e. The van der Waals surface area contributed by atoms with Crippen LogP contribution in [0.1, 0.15) is 13.8 Å². The number of hydrogen-bond acceptors (Lipinski definition) is 4. The molecule has 0 aromatic carbocycles. The van der Waals surface area contributed by atoms with E-state index in [-0.39, 0.29) is 6.61 Å². The third-order valence-electron chi connectivity index (χ3n) is 1.86. The van der Waals surface area contributed by atoms with Crippen molar-refractivity contribution in [2.45, 2.75) is 19.9 Å². The maximum absolute atomic E-state index is 11.2. The van der Waals surface area contributed by atoms with Crippen molar-refractivity contribution in [1.82, 2.24) is 4.90 Å². The predicted octanol–water partition coefficient (Wildman–Crippen LogP) is -0.137. The van der Waals surface area contributed by atoms with Crippen LogP contribution in [-0.2, 0) is 19.1 Å². The predicted molar refractivity (Wildman–Crippen MR) is 47.1 cm³/mol. The molecule has 0 saturated heterocycles. The van der Waals surface area contributed by atoms with Crippen LogP contribution in [0.3, 0.4) is 0 Å². The largest absolute Gasteiger partial charge is 0.464 e. The SMILES string of the molecule is CCOC(=O)C(C)N1C(=O)C=CC1=O. The average Bonchev–Trinajstić information content (AvgIpc) is 2.46. The Morgan fingerprint density at radius 3 is 2.36 bits per heavy atom. The molecular formula is C9H11NO4. The second kappa shape index (κ2) is 4.04. The summed E-state index contributed by atoms with van der Waals surface area (Å²) < 4.78 is 4.70. The average molecular weight is 197 g/mol. The lowest BCUT2D eigenvalue weighted by Gasteiger charge is -2.20. The molecule has 1 aliphatic heterocycles. The molecular weight excluding hydrogens is 186 g/mol. The second-order valence-corrected chi connectivity index (χ2v) is 2.81. The number of imide groups is 1. The van der Waals surface area contributed by atoms with Gasteiger partial charge in [-0.15, -0.1) is 0 Å². The Hall–Kier alpha value is -1.65. The third-order valence-corrected chi connectivity index (χ3v) is 1.86. The van der Waals surface area contributed by atoms with Gasteiger partial charge in [-0.2, -0.15) is 0 Å². The highest BCUT2D eigenvalue weighted by Gasteiger charge is 2.33. The van der Waals surface area contributed by atoms with Crippen LogP contribution < -0.4 is 0 Å². The van der Waals surface area contributed by atoms with Gasteiger partial charge in [0.2, 0.25) is 0 Å². The normalized spacial score (nSPS) is 17.4.